The smallest absolute Gasteiger partial charge is 0.223 e. The van der Waals surface area contributed by atoms with E-state index < -0.39 is 9.84 Å². The van der Waals surface area contributed by atoms with Gasteiger partial charge >= 0.3 is 0 Å². The summed E-state index contributed by atoms with van der Waals surface area (Å²) in [4.78, 5) is 14.4. The highest BCUT2D eigenvalue weighted by molar-refractivity contribution is 7.90. The first kappa shape index (κ1) is 17.5. The molecule has 6 nitrogen and oxygen atoms in total. The lowest BCUT2D eigenvalue weighted by atomic mass is 9.84. The van der Waals surface area contributed by atoms with E-state index >= 15 is 0 Å². The molecular formula is C17H26N2O4S. The summed E-state index contributed by atoms with van der Waals surface area (Å²) in [6.07, 6.45) is 4.33. The molecule has 3 rings (SSSR count). The van der Waals surface area contributed by atoms with Crippen molar-refractivity contribution in [3.05, 3.63) is 23.7 Å². The Morgan fingerprint density at radius 3 is 2.62 bits per heavy atom. The minimum absolute atomic E-state index is 0.0248. The SMILES string of the molecule is Cc1ccc([C@H]2CN(CCS(C)(=O)=O)C[C@@H]2NC(=O)C2CCC2)o1. The van der Waals surface area contributed by atoms with Gasteiger partial charge in [0.2, 0.25) is 5.91 Å². The molecule has 0 bridgehead atoms. The van der Waals surface area contributed by atoms with Gasteiger partial charge in [0.15, 0.2) is 0 Å². The van der Waals surface area contributed by atoms with Crippen LogP contribution in [0.3, 0.4) is 0 Å². The quantitative estimate of drug-likeness (QED) is 0.833. The summed E-state index contributed by atoms with van der Waals surface area (Å²) in [7, 11) is -2.99. The molecular weight excluding hydrogens is 328 g/mol. The minimum Gasteiger partial charge on any atom is -0.466 e. The number of nitrogens with one attached hydrogen (secondary N) is 1. The first-order valence-electron chi connectivity index (χ1n) is 8.58. The molecule has 0 radical (unpaired) electrons. The fourth-order valence-corrected chi connectivity index (χ4v) is 4.01. The molecule has 1 saturated heterocycles. The summed E-state index contributed by atoms with van der Waals surface area (Å²) < 4.78 is 28.6. The Morgan fingerprint density at radius 1 is 1.33 bits per heavy atom. The average Bonchev–Trinajstić information content (AvgIpc) is 3.00. The van der Waals surface area contributed by atoms with Crippen molar-refractivity contribution in [2.24, 2.45) is 5.92 Å². The zero-order chi connectivity index (χ0) is 17.3. The van der Waals surface area contributed by atoms with E-state index in [1.165, 1.54) is 6.26 Å². The van der Waals surface area contributed by atoms with E-state index in [2.05, 4.69) is 10.2 Å². The number of amides is 1. The van der Waals surface area contributed by atoms with Crippen molar-refractivity contribution in [2.75, 3.05) is 31.6 Å². The van der Waals surface area contributed by atoms with Crippen molar-refractivity contribution in [1.29, 1.82) is 0 Å². The molecule has 0 aromatic carbocycles. The largest absolute Gasteiger partial charge is 0.466 e. The number of hydrogen-bond acceptors (Lipinski definition) is 5. The van der Waals surface area contributed by atoms with Crippen LogP contribution in [0.25, 0.3) is 0 Å². The Balaban J connectivity index is 1.68. The molecule has 1 N–H and O–H groups in total. The van der Waals surface area contributed by atoms with Gasteiger partial charge in [-0.1, -0.05) is 6.42 Å². The predicted octanol–water partition coefficient (Wildman–Crippen LogP) is 1.32. The second-order valence-corrected chi connectivity index (χ2v) is 9.45. The van der Waals surface area contributed by atoms with Gasteiger partial charge in [-0.3, -0.25) is 9.69 Å². The minimum atomic E-state index is -2.99. The molecule has 1 aromatic rings. The van der Waals surface area contributed by atoms with Gasteiger partial charge in [-0.15, -0.1) is 0 Å². The van der Waals surface area contributed by atoms with Gasteiger partial charge in [0, 0.05) is 31.8 Å². The van der Waals surface area contributed by atoms with Crippen LogP contribution in [0, 0.1) is 12.8 Å². The van der Waals surface area contributed by atoms with Crippen LogP contribution in [0.1, 0.15) is 36.7 Å². The van der Waals surface area contributed by atoms with E-state index in [-0.39, 0.29) is 29.5 Å². The van der Waals surface area contributed by atoms with Crippen LogP contribution in [0.5, 0.6) is 0 Å². The maximum Gasteiger partial charge on any atom is 0.223 e. The fourth-order valence-electron chi connectivity index (χ4n) is 3.42. The summed E-state index contributed by atoms with van der Waals surface area (Å²) in [6.45, 7) is 3.77. The second-order valence-electron chi connectivity index (χ2n) is 7.19. The van der Waals surface area contributed by atoms with Gasteiger partial charge in [0.25, 0.3) is 0 Å². The number of carbonyl (C=O) groups excluding carboxylic acids is 1. The number of rotatable bonds is 6. The standard InChI is InChI=1S/C17H26N2O4S/c1-12-6-7-16(23-12)14-10-19(8-9-24(2,21)22)11-15(14)18-17(20)13-4-3-5-13/h6-7,13-15H,3-5,8-11H2,1-2H3,(H,18,20)/t14-,15-/m0/s1. The van der Waals surface area contributed by atoms with Crippen LogP contribution in [0.15, 0.2) is 16.5 Å². The van der Waals surface area contributed by atoms with Crippen molar-refractivity contribution in [2.45, 2.75) is 38.1 Å². The zero-order valence-corrected chi connectivity index (χ0v) is 15.1. The van der Waals surface area contributed by atoms with E-state index in [1.807, 2.05) is 19.1 Å². The van der Waals surface area contributed by atoms with E-state index in [0.717, 1.165) is 30.8 Å². The summed E-state index contributed by atoms with van der Waals surface area (Å²) in [5.74, 6) is 2.21. The number of carbonyl (C=O) groups is 1. The highest BCUT2D eigenvalue weighted by Crippen LogP contribution is 2.31. The number of nitrogens with zero attached hydrogens (tertiary/aromatic N) is 1. The van der Waals surface area contributed by atoms with Gasteiger partial charge in [-0.05, 0) is 31.9 Å². The van der Waals surface area contributed by atoms with Crippen LogP contribution >= 0.6 is 0 Å². The van der Waals surface area contributed by atoms with Gasteiger partial charge < -0.3 is 9.73 Å². The van der Waals surface area contributed by atoms with E-state index in [0.29, 0.717) is 19.6 Å². The van der Waals surface area contributed by atoms with Crippen LogP contribution < -0.4 is 5.32 Å². The number of sulfone groups is 1. The normalized spacial score (nSPS) is 25.6. The molecule has 2 atom stereocenters. The van der Waals surface area contributed by atoms with Crippen molar-refractivity contribution in [3.8, 4) is 0 Å². The Hall–Kier alpha value is -1.34. The van der Waals surface area contributed by atoms with Gasteiger partial charge in [0.1, 0.15) is 21.4 Å². The maximum absolute atomic E-state index is 12.3. The molecule has 1 aliphatic heterocycles. The lowest BCUT2D eigenvalue weighted by molar-refractivity contribution is -0.128. The van der Waals surface area contributed by atoms with Gasteiger partial charge in [-0.25, -0.2) is 8.42 Å². The monoisotopic (exact) mass is 354 g/mol. The van der Waals surface area contributed by atoms with Crippen LogP contribution in [-0.4, -0.2) is 56.9 Å². The number of hydrogen-bond donors (Lipinski definition) is 1. The second kappa shape index (κ2) is 6.88. The predicted molar refractivity (Wildman–Crippen MR) is 91.6 cm³/mol. The summed E-state index contributed by atoms with van der Waals surface area (Å²) in [5.41, 5.74) is 0. The molecule has 1 aromatic heterocycles. The molecule has 134 valence electrons. The number of aryl methyl sites for hydroxylation is 1. The first-order chi connectivity index (χ1) is 11.3. The number of furan rings is 1. The molecule has 2 aliphatic rings. The number of likely N-dealkylation sites (tertiary alicyclic amines) is 1. The van der Waals surface area contributed by atoms with E-state index in [4.69, 9.17) is 4.42 Å². The topological polar surface area (TPSA) is 79.6 Å². The lowest BCUT2D eigenvalue weighted by Crippen LogP contribution is -2.44. The highest BCUT2D eigenvalue weighted by atomic mass is 32.2. The Morgan fingerprint density at radius 2 is 2.08 bits per heavy atom. The molecule has 2 heterocycles. The molecule has 2 fully saturated rings. The third-order valence-electron chi connectivity index (χ3n) is 5.10. The van der Waals surface area contributed by atoms with Crippen LogP contribution in [-0.2, 0) is 14.6 Å². The maximum atomic E-state index is 12.3. The lowest BCUT2D eigenvalue weighted by Gasteiger charge is -2.27. The van der Waals surface area contributed by atoms with E-state index in [9.17, 15) is 13.2 Å². The molecule has 1 aliphatic carbocycles. The zero-order valence-electron chi connectivity index (χ0n) is 14.3. The van der Waals surface area contributed by atoms with Crippen molar-refractivity contribution < 1.29 is 17.6 Å². The molecule has 0 spiro atoms. The Kier molecular flexibility index (Phi) is 5.01. The van der Waals surface area contributed by atoms with Crippen LogP contribution in [0.2, 0.25) is 0 Å². The van der Waals surface area contributed by atoms with Crippen molar-refractivity contribution in [3.63, 3.8) is 0 Å². The first-order valence-corrected chi connectivity index (χ1v) is 10.6. The summed E-state index contributed by atoms with van der Waals surface area (Å²) in [5, 5.41) is 3.18. The molecule has 7 heteroatoms. The third-order valence-corrected chi connectivity index (χ3v) is 6.03. The third kappa shape index (κ3) is 4.19. The Labute approximate surface area is 143 Å². The highest BCUT2D eigenvalue weighted by Gasteiger charge is 2.38. The Bertz CT molecular complexity index is 693. The summed E-state index contributed by atoms with van der Waals surface area (Å²) >= 11 is 0. The molecule has 1 saturated carbocycles. The van der Waals surface area contributed by atoms with Crippen molar-refractivity contribution >= 4 is 15.7 Å². The van der Waals surface area contributed by atoms with Gasteiger partial charge in [-0.2, -0.15) is 0 Å². The van der Waals surface area contributed by atoms with Gasteiger partial charge in [0.05, 0.1) is 17.7 Å². The summed E-state index contributed by atoms with van der Waals surface area (Å²) in [6, 6.07) is 3.87. The fraction of sp³-hybridized carbons (Fsp3) is 0.706. The molecule has 0 unspecified atom stereocenters. The van der Waals surface area contributed by atoms with Crippen molar-refractivity contribution in [1.82, 2.24) is 10.2 Å². The average molecular weight is 354 g/mol. The molecule has 1 amide bonds. The molecule has 24 heavy (non-hydrogen) atoms. The van der Waals surface area contributed by atoms with Crippen LogP contribution in [0.4, 0.5) is 0 Å². The van der Waals surface area contributed by atoms with E-state index in [1.54, 1.807) is 0 Å².